The summed E-state index contributed by atoms with van der Waals surface area (Å²) in [5.74, 6) is 0.115. The largest absolute Gasteiger partial charge is 0.435 e. The summed E-state index contributed by atoms with van der Waals surface area (Å²) in [6.07, 6.45) is 0. The summed E-state index contributed by atoms with van der Waals surface area (Å²) in [6, 6.07) is 6.10. The fourth-order valence-corrected chi connectivity index (χ4v) is 1.04. The number of hydrogen-bond donors (Lipinski definition) is 1. The van der Waals surface area contributed by atoms with Crippen LogP contribution in [0.2, 0.25) is 0 Å². The van der Waals surface area contributed by atoms with Crippen molar-refractivity contribution in [3.8, 4) is 5.75 Å². The van der Waals surface area contributed by atoms with Crippen LogP contribution in [-0.4, -0.2) is 23.9 Å². The zero-order chi connectivity index (χ0) is 10.6. The van der Waals surface area contributed by atoms with Crippen LogP contribution in [0.25, 0.3) is 0 Å². The summed E-state index contributed by atoms with van der Waals surface area (Å²) in [6.45, 7) is -2.46. The van der Waals surface area contributed by atoms with Gasteiger partial charge in [-0.15, -0.1) is 0 Å². The highest BCUT2D eigenvalue weighted by Gasteiger charge is 2.03. The first-order valence-corrected chi connectivity index (χ1v) is 4.01. The quantitative estimate of drug-likeness (QED) is 0.761. The van der Waals surface area contributed by atoms with Gasteiger partial charge in [0, 0.05) is 13.6 Å². The van der Waals surface area contributed by atoms with E-state index in [0.29, 0.717) is 6.54 Å². The number of hydrogen-bond acceptors (Lipinski definition) is 3. The number of alkyl halides is 2. The number of rotatable bonds is 4. The Kier molecular flexibility index (Phi) is 3.79. The molecule has 5 heteroatoms. The van der Waals surface area contributed by atoms with Gasteiger partial charge in [-0.05, 0) is 17.7 Å². The smallest absolute Gasteiger partial charge is 0.387 e. The first kappa shape index (κ1) is 10.9. The molecule has 1 aromatic carbocycles. The summed E-state index contributed by atoms with van der Waals surface area (Å²) in [5.41, 5.74) is 0.816. The zero-order valence-electron chi connectivity index (χ0n) is 7.65. The first-order valence-electron chi connectivity index (χ1n) is 4.01. The Bertz CT molecular complexity index is 246. The standard InChI is InChI=1S/C9H11F2NO2/c1-12(13)6-7-2-4-8(5-3-7)14-9(10)11/h2-5,9,13H,6H2,1H3. The predicted molar refractivity (Wildman–Crippen MR) is 46.3 cm³/mol. The molecule has 0 saturated carbocycles. The van der Waals surface area contributed by atoms with Crippen molar-refractivity contribution in [1.29, 1.82) is 0 Å². The van der Waals surface area contributed by atoms with Crippen LogP contribution in [0.3, 0.4) is 0 Å². The molecule has 1 rings (SSSR count). The number of hydroxylamine groups is 2. The summed E-state index contributed by atoms with van der Waals surface area (Å²) >= 11 is 0. The summed E-state index contributed by atoms with van der Waals surface area (Å²) < 4.78 is 27.7. The lowest BCUT2D eigenvalue weighted by atomic mass is 10.2. The molecular formula is C9H11F2NO2. The van der Waals surface area contributed by atoms with Crippen molar-refractivity contribution < 1.29 is 18.7 Å². The first-order chi connectivity index (χ1) is 6.58. The molecule has 0 aromatic heterocycles. The zero-order valence-corrected chi connectivity index (χ0v) is 7.65. The molecule has 0 fully saturated rings. The summed E-state index contributed by atoms with van der Waals surface area (Å²) in [7, 11) is 1.50. The minimum Gasteiger partial charge on any atom is -0.435 e. The Morgan fingerprint density at radius 2 is 1.93 bits per heavy atom. The van der Waals surface area contributed by atoms with E-state index in [-0.39, 0.29) is 5.75 Å². The minimum atomic E-state index is -2.80. The van der Waals surface area contributed by atoms with Crippen LogP contribution < -0.4 is 4.74 Å². The van der Waals surface area contributed by atoms with Gasteiger partial charge in [0.2, 0.25) is 0 Å². The average molecular weight is 203 g/mol. The van der Waals surface area contributed by atoms with Gasteiger partial charge in [0.15, 0.2) is 0 Å². The highest BCUT2D eigenvalue weighted by Crippen LogP contribution is 2.15. The van der Waals surface area contributed by atoms with E-state index in [9.17, 15) is 8.78 Å². The molecule has 0 saturated heterocycles. The molecule has 1 aromatic rings. The fourth-order valence-electron chi connectivity index (χ4n) is 1.04. The third kappa shape index (κ3) is 3.68. The minimum absolute atomic E-state index is 0.115. The average Bonchev–Trinajstić information content (AvgIpc) is 2.06. The Morgan fingerprint density at radius 1 is 1.36 bits per heavy atom. The van der Waals surface area contributed by atoms with Crippen LogP contribution in [0.15, 0.2) is 24.3 Å². The Balaban J connectivity index is 2.59. The maximum absolute atomic E-state index is 11.8. The van der Waals surface area contributed by atoms with Crippen molar-refractivity contribution in [1.82, 2.24) is 5.06 Å². The lowest BCUT2D eigenvalue weighted by Crippen LogP contribution is -2.11. The van der Waals surface area contributed by atoms with Crippen LogP contribution in [0, 0.1) is 0 Å². The number of ether oxygens (including phenoxy) is 1. The van der Waals surface area contributed by atoms with Crippen molar-refractivity contribution in [2.24, 2.45) is 0 Å². The second-order valence-electron chi connectivity index (χ2n) is 2.84. The number of halogens is 2. The Hall–Kier alpha value is -1.20. The van der Waals surface area contributed by atoms with Gasteiger partial charge in [-0.3, -0.25) is 0 Å². The maximum Gasteiger partial charge on any atom is 0.387 e. The molecule has 14 heavy (non-hydrogen) atoms. The molecule has 1 N–H and O–H groups in total. The molecular weight excluding hydrogens is 192 g/mol. The molecule has 0 amide bonds. The van der Waals surface area contributed by atoms with Crippen LogP contribution in [0.1, 0.15) is 5.56 Å². The molecule has 0 aliphatic heterocycles. The van der Waals surface area contributed by atoms with Gasteiger partial charge >= 0.3 is 6.61 Å². The predicted octanol–water partition coefficient (Wildman–Crippen LogP) is 2.11. The topological polar surface area (TPSA) is 32.7 Å². The van der Waals surface area contributed by atoms with E-state index in [1.165, 1.54) is 19.2 Å². The molecule has 0 spiro atoms. The third-order valence-corrected chi connectivity index (χ3v) is 1.56. The molecule has 3 nitrogen and oxygen atoms in total. The SMILES string of the molecule is CN(O)Cc1ccc(OC(F)F)cc1. The molecule has 78 valence electrons. The second-order valence-corrected chi connectivity index (χ2v) is 2.84. The van der Waals surface area contributed by atoms with Crippen molar-refractivity contribution >= 4 is 0 Å². The lowest BCUT2D eigenvalue weighted by molar-refractivity contribution is -0.0732. The van der Waals surface area contributed by atoms with Gasteiger partial charge in [-0.1, -0.05) is 12.1 Å². The van der Waals surface area contributed by atoms with E-state index in [4.69, 9.17) is 5.21 Å². The third-order valence-electron chi connectivity index (χ3n) is 1.56. The summed E-state index contributed by atoms with van der Waals surface area (Å²) in [4.78, 5) is 0. The van der Waals surface area contributed by atoms with E-state index in [1.807, 2.05) is 0 Å². The molecule has 0 atom stereocenters. The van der Waals surface area contributed by atoms with Crippen molar-refractivity contribution in [2.75, 3.05) is 7.05 Å². The van der Waals surface area contributed by atoms with E-state index in [0.717, 1.165) is 10.6 Å². The van der Waals surface area contributed by atoms with Crippen LogP contribution in [0.5, 0.6) is 5.75 Å². The van der Waals surface area contributed by atoms with Crippen molar-refractivity contribution in [3.63, 3.8) is 0 Å². The van der Waals surface area contributed by atoms with Gasteiger partial charge in [-0.2, -0.15) is 13.8 Å². The van der Waals surface area contributed by atoms with E-state index in [1.54, 1.807) is 12.1 Å². The molecule has 0 aliphatic rings. The normalized spacial score (nSPS) is 11.0. The molecule has 0 radical (unpaired) electrons. The van der Waals surface area contributed by atoms with Crippen LogP contribution >= 0.6 is 0 Å². The molecule has 0 aliphatic carbocycles. The van der Waals surface area contributed by atoms with E-state index >= 15 is 0 Å². The second kappa shape index (κ2) is 4.88. The van der Waals surface area contributed by atoms with E-state index < -0.39 is 6.61 Å². The van der Waals surface area contributed by atoms with Crippen molar-refractivity contribution in [2.45, 2.75) is 13.2 Å². The lowest BCUT2D eigenvalue weighted by Gasteiger charge is -2.09. The maximum atomic E-state index is 11.8. The highest BCUT2D eigenvalue weighted by molar-refractivity contribution is 5.27. The summed E-state index contributed by atoms with van der Waals surface area (Å²) in [5, 5.41) is 9.91. The number of benzene rings is 1. The van der Waals surface area contributed by atoms with Crippen LogP contribution in [0.4, 0.5) is 8.78 Å². The Morgan fingerprint density at radius 3 is 2.36 bits per heavy atom. The molecule has 0 heterocycles. The highest BCUT2D eigenvalue weighted by atomic mass is 19.3. The number of nitrogens with zero attached hydrogens (tertiary/aromatic N) is 1. The molecule has 0 bridgehead atoms. The molecule has 0 unspecified atom stereocenters. The van der Waals surface area contributed by atoms with Gasteiger partial charge < -0.3 is 9.94 Å². The van der Waals surface area contributed by atoms with Gasteiger partial charge in [0.1, 0.15) is 5.75 Å². The fraction of sp³-hybridized carbons (Fsp3) is 0.333. The van der Waals surface area contributed by atoms with E-state index in [2.05, 4.69) is 4.74 Å². The monoisotopic (exact) mass is 203 g/mol. The van der Waals surface area contributed by atoms with Crippen molar-refractivity contribution in [3.05, 3.63) is 29.8 Å². The van der Waals surface area contributed by atoms with Gasteiger partial charge in [0.05, 0.1) is 0 Å². The van der Waals surface area contributed by atoms with Gasteiger partial charge in [0.25, 0.3) is 0 Å². The van der Waals surface area contributed by atoms with Crippen LogP contribution in [-0.2, 0) is 6.54 Å². The Labute approximate surface area is 80.5 Å². The van der Waals surface area contributed by atoms with Gasteiger partial charge in [-0.25, -0.2) is 0 Å².